The molecule has 86 valence electrons. The second-order valence-corrected chi connectivity index (χ2v) is 3.85. The van der Waals surface area contributed by atoms with Crippen LogP contribution in [0.1, 0.15) is 31.4 Å². The summed E-state index contributed by atoms with van der Waals surface area (Å²) in [7, 11) is 0. The number of carbonyl (C=O) groups excluding carboxylic acids is 1. The number of benzene rings is 1. The van der Waals surface area contributed by atoms with Crippen molar-refractivity contribution >= 4 is 12.0 Å². The summed E-state index contributed by atoms with van der Waals surface area (Å²) in [6, 6.07) is 8.29. The SMILES string of the molecule is CC/C(=C\c1ccc(C)cc1)COC(C)=O. The first kappa shape index (κ1) is 12.5. The van der Waals surface area contributed by atoms with Crippen LogP contribution in [-0.4, -0.2) is 12.6 Å². The van der Waals surface area contributed by atoms with Crippen molar-refractivity contribution in [2.45, 2.75) is 27.2 Å². The molecule has 0 saturated carbocycles. The third-order valence-electron chi connectivity index (χ3n) is 2.36. The number of ether oxygens (including phenoxy) is 1. The lowest BCUT2D eigenvalue weighted by molar-refractivity contribution is -0.139. The Hall–Kier alpha value is -1.57. The lowest BCUT2D eigenvalue weighted by Crippen LogP contribution is -2.02. The highest BCUT2D eigenvalue weighted by atomic mass is 16.5. The van der Waals surface area contributed by atoms with Gasteiger partial charge in [0.25, 0.3) is 0 Å². The smallest absolute Gasteiger partial charge is 0.302 e. The Balaban J connectivity index is 2.71. The molecule has 2 heteroatoms. The fourth-order valence-electron chi connectivity index (χ4n) is 1.34. The van der Waals surface area contributed by atoms with E-state index in [1.54, 1.807) is 0 Å². The van der Waals surface area contributed by atoms with Gasteiger partial charge in [-0.2, -0.15) is 0 Å². The fraction of sp³-hybridized carbons (Fsp3) is 0.357. The molecular formula is C14H18O2. The van der Waals surface area contributed by atoms with Crippen LogP contribution in [0.25, 0.3) is 6.08 Å². The van der Waals surface area contributed by atoms with Crippen molar-refractivity contribution in [1.82, 2.24) is 0 Å². The van der Waals surface area contributed by atoms with Gasteiger partial charge in [-0.25, -0.2) is 0 Å². The maximum absolute atomic E-state index is 10.7. The molecule has 0 saturated heterocycles. The molecule has 0 aliphatic carbocycles. The van der Waals surface area contributed by atoms with Gasteiger partial charge in [-0.15, -0.1) is 0 Å². The topological polar surface area (TPSA) is 26.3 Å². The van der Waals surface area contributed by atoms with Crippen molar-refractivity contribution in [2.24, 2.45) is 0 Å². The Morgan fingerprint density at radius 1 is 1.31 bits per heavy atom. The molecule has 0 unspecified atom stereocenters. The Morgan fingerprint density at radius 3 is 2.44 bits per heavy atom. The Bertz CT molecular complexity index is 374. The predicted octanol–water partition coefficient (Wildman–Crippen LogP) is 3.35. The molecule has 0 spiro atoms. The molecule has 0 aliphatic heterocycles. The van der Waals surface area contributed by atoms with Crippen molar-refractivity contribution in [1.29, 1.82) is 0 Å². The summed E-state index contributed by atoms with van der Waals surface area (Å²) in [6.07, 6.45) is 2.96. The quantitative estimate of drug-likeness (QED) is 0.724. The summed E-state index contributed by atoms with van der Waals surface area (Å²) in [4.78, 5) is 10.7. The average molecular weight is 218 g/mol. The van der Waals surface area contributed by atoms with Gasteiger partial charge in [-0.1, -0.05) is 42.8 Å². The van der Waals surface area contributed by atoms with E-state index in [0.29, 0.717) is 6.61 Å². The molecule has 1 aromatic rings. The summed E-state index contributed by atoms with van der Waals surface area (Å²) < 4.78 is 4.98. The molecule has 0 radical (unpaired) electrons. The zero-order valence-electron chi connectivity index (χ0n) is 10.1. The molecule has 0 fully saturated rings. The van der Waals surface area contributed by atoms with Crippen LogP contribution < -0.4 is 0 Å². The average Bonchev–Trinajstić information content (AvgIpc) is 2.26. The van der Waals surface area contributed by atoms with Gasteiger partial charge in [0.1, 0.15) is 6.61 Å². The van der Waals surface area contributed by atoms with E-state index in [2.05, 4.69) is 44.2 Å². The Kier molecular flexibility index (Phi) is 4.77. The molecule has 0 bridgehead atoms. The first-order valence-corrected chi connectivity index (χ1v) is 5.51. The largest absolute Gasteiger partial charge is 0.461 e. The van der Waals surface area contributed by atoms with Crippen LogP contribution in [0, 0.1) is 6.92 Å². The molecule has 0 N–H and O–H groups in total. The molecule has 0 aromatic heterocycles. The van der Waals surface area contributed by atoms with Crippen molar-refractivity contribution in [3.05, 3.63) is 41.0 Å². The summed E-state index contributed by atoms with van der Waals surface area (Å²) >= 11 is 0. The molecular weight excluding hydrogens is 200 g/mol. The number of hydrogen-bond acceptors (Lipinski definition) is 2. The summed E-state index contributed by atoms with van der Waals surface area (Å²) in [5.74, 6) is -0.233. The van der Waals surface area contributed by atoms with E-state index in [1.807, 2.05) is 0 Å². The van der Waals surface area contributed by atoms with Gasteiger partial charge in [0.15, 0.2) is 0 Å². The minimum Gasteiger partial charge on any atom is -0.461 e. The maximum Gasteiger partial charge on any atom is 0.302 e. The first-order chi connectivity index (χ1) is 7.61. The highest BCUT2D eigenvalue weighted by molar-refractivity contribution is 5.66. The van der Waals surface area contributed by atoms with Crippen LogP contribution in [0.15, 0.2) is 29.8 Å². The second kappa shape index (κ2) is 6.11. The molecule has 1 rings (SSSR count). The van der Waals surface area contributed by atoms with Gasteiger partial charge >= 0.3 is 5.97 Å². The van der Waals surface area contributed by atoms with Gasteiger partial charge in [0, 0.05) is 6.92 Å². The monoisotopic (exact) mass is 218 g/mol. The van der Waals surface area contributed by atoms with Crippen LogP contribution in [0.5, 0.6) is 0 Å². The maximum atomic E-state index is 10.7. The van der Waals surface area contributed by atoms with Gasteiger partial charge in [-0.3, -0.25) is 4.79 Å². The highest BCUT2D eigenvalue weighted by Crippen LogP contribution is 2.11. The van der Waals surface area contributed by atoms with E-state index in [1.165, 1.54) is 12.5 Å². The molecule has 16 heavy (non-hydrogen) atoms. The predicted molar refractivity (Wildman–Crippen MR) is 66.1 cm³/mol. The Morgan fingerprint density at radius 2 is 1.94 bits per heavy atom. The second-order valence-electron chi connectivity index (χ2n) is 3.85. The summed E-state index contributed by atoms with van der Waals surface area (Å²) in [5.41, 5.74) is 3.52. The molecule has 0 amide bonds. The number of hydrogen-bond donors (Lipinski definition) is 0. The van der Waals surface area contributed by atoms with Crippen molar-refractivity contribution < 1.29 is 9.53 Å². The van der Waals surface area contributed by atoms with E-state index in [9.17, 15) is 4.79 Å². The lowest BCUT2D eigenvalue weighted by atomic mass is 10.1. The van der Waals surface area contributed by atoms with Crippen LogP contribution in [0.4, 0.5) is 0 Å². The van der Waals surface area contributed by atoms with Crippen molar-refractivity contribution in [2.75, 3.05) is 6.61 Å². The van der Waals surface area contributed by atoms with Crippen molar-refractivity contribution in [3.8, 4) is 0 Å². The van der Waals surface area contributed by atoms with Crippen LogP contribution >= 0.6 is 0 Å². The van der Waals surface area contributed by atoms with Gasteiger partial charge in [0.05, 0.1) is 0 Å². The van der Waals surface area contributed by atoms with E-state index in [-0.39, 0.29) is 5.97 Å². The third-order valence-corrected chi connectivity index (χ3v) is 2.36. The highest BCUT2D eigenvalue weighted by Gasteiger charge is 1.98. The third kappa shape index (κ3) is 4.30. The van der Waals surface area contributed by atoms with Crippen LogP contribution in [0.3, 0.4) is 0 Å². The van der Waals surface area contributed by atoms with Crippen molar-refractivity contribution in [3.63, 3.8) is 0 Å². The number of carbonyl (C=O) groups is 1. The first-order valence-electron chi connectivity index (χ1n) is 5.51. The number of rotatable bonds is 4. The van der Waals surface area contributed by atoms with Crippen LogP contribution in [0.2, 0.25) is 0 Å². The van der Waals surface area contributed by atoms with E-state index >= 15 is 0 Å². The zero-order valence-corrected chi connectivity index (χ0v) is 10.1. The molecule has 0 aliphatic rings. The minimum atomic E-state index is -0.233. The lowest BCUT2D eigenvalue weighted by Gasteiger charge is -2.05. The van der Waals surface area contributed by atoms with E-state index in [4.69, 9.17) is 4.74 Å². The van der Waals surface area contributed by atoms with E-state index < -0.39 is 0 Å². The van der Waals surface area contributed by atoms with Gasteiger partial charge in [-0.05, 0) is 24.5 Å². The molecule has 0 atom stereocenters. The van der Waals surface area contributed by atoms with E-state index in [0.717, 1.165) is 17.6 Å². The molecule has 0 heterocycles. The summed E-state index contributed by atoms with van der Waals surface area (Å²) in [6.45, 7) is 5.94. The number of esters is 1. The minimum absolute atomic E-state index is 0.233. The standard InChI is InChI=1S/C14H18O2/c1-4-13(10-16-12(3)15)9-14-7-5-11(2)6-8-14/h5-9H,4,10H2,1-3H3/b13-9+. The number of aryl methyl sites for hydroxylation is 1. The van der Waals surface area contributed by atoms with Gasteiger partial charge in [0.2, 0.25) is 0 Å². The Labute approximate surface area is 96.9 Å². The van der Waals surface area contributed by atoms with Gasteiger partial charge < -0.3 is 4.74 Å². The molecule has 1 aromatic carbocycles. The zero-order chi connectivity index (χ0) is 12.0. The fourth-order valence-corrected chi connectivity index (χ4v) is 1.34. The normalized spacial score (nSPS) is 11.3. The molecule has 2 nitrogen and oxygen atoms in total. The van der Waals surface area contributed by atoms with Crippen LogP contribution in [-0.2, 0) is 9.53 Å². The summed E-state index contributed by atoms with van der Waals surface area (Å²) in [5, 5.41) is 0.